The smallest absolute Gasteiger partial charge is 0.246 e. The third-order valence-electron chi connectivity index (χ3n) is 3.70. The Kier molecular flexibility index (Phi) is 3.31. The Hall–Kier alpha value is -1.72. The number of fused-ring (bicyclic) bond motifs is 1. The Balaban J connectivity index is 1.78. The number of likely N-dealkylation sites (N-methyl/N-ethyl adjacent to an activating group) is 1. The molecular formula is C15H16N2O2S. The maximum atomic E-state index is 11.9. The highest BCUT2D eigenvalue weighted by Gasteiger charge is 2.36. The Bertz CT molecular complexity index is 646. The van der Waals surface area contributed by atoms with Gasteiger partial charge >= 0.3 is 0 Å². The predicted molar refractivity (Wildman–Crippen MR) is 79.6 cm³/mol. The fourth-order valence-electron chi connectivity index (χ4n) is 2.49. The first-order valence-corrected chi connectivity index (χ1v) is 7.43. The number of nitrogens with one attached hydrogen (secondary N) is 1. The van der Waals surface area contributed by atoms with E-state index in [1.54, 1.807) is 11.3 Å². The molecule has 1 aliphatic heterocycles. The first-order valence-electron chi connectivity index (χ1n) is 6.61. The number of thiophene rings is 1. The van der Waals surface area contributed by atoms with E-state index in [4.69, 9.17) is 0 Å². The highest BCUT2D eigenvalue weighted by Crippen LogP contribution is 2.30. The number of nitrogens with zero attached hydrogens (tertiary/aromatic N) is 1. The summed E-state index contributed by atoms with van der Waals surface area (Å²) in [6.07, 6.45) is 0.255. The molecule has 1 aliphatic rings. The monoisotopic (exact) mass is 288 g/mol. The Labute approximate surface area is 121 Å². The normalized spacial score (nSPS) is 20.9. The van der Waals surface area contributed by atoms with Crippen LogP contribution in [-0.4, -0.2) is 29.8 Å². The molecule has 1 aromatic heterocycles. The molecular weight excluding hydrogens is 272 g/mol. The van der Waals surface area contributed by atoms with Crippen molar-refractivity contribution < 1.29 is 9.59 Å². The van der Waals surface area contributed by atoms with Crippen LogP contribution in [0.1, 0.15) is 24.3 Å². The molecule has 0 bridgehead atoms. The summed E-state index contributed by atoms with van der Waals surface area (Å²) in [5.74, 6) is -0.251. The van der Waals surface area contributed by atoms with Gasteiger partial charge in [0.1, 0.15) is 0 Å². The summed E-state index contributed by atoms with van der Waals surface area (Å²) in [6.45, 7) is 2.03. The van der Waals surface area contributed by atoms with Gasteiger partial charge in [0.25, 0.3) is 0 Å². The van der Waals surface area contributed by atoms with E-state index in [1.165, 1.54) is 26.9 Å². The summed E-state index contributed by atoms with van der Waals surface area (Å²) < 4.78 is 1.24. The van der Waals surface area contributed by atoms with Gasteiger partial charge in [0, 0.05) is 22.7 Å². The van der Waals surface area contributed by atoms with Gasteiger partial charge in [-0.25, -0.2) is 0 Å². The third kappa shape index (κ3) is 2.23. The molecule has 5 heteroatoms. The second kappa shape index (κ2) is 5.00. The highest BCUT2D eigenvalue weighted by molar-refractivity contribution is 7.19. The number of carbonyl (C=O) groups is 2. The van der Waals surface area contributed by atoms with Crippen molar-refractivity contribution >= 4 is 33.2 Å². The minimum atomic E-state index is -0.396. The Morgan fingerprint density at radius 2 is 2.10 bits per heavy atom. The first kappa shape index (κ1) is 13.3. The van der Waals surface area contributed by atoms with E-state index in [-0.39, 0.29) is 24.3 Å². The van der Waals surface area contributed by atoms with Crippen molar-refractivity contribution in [3.63, 3.8) is 0 Å². The molecule has 2 aromatic rings. The van der Waals surface area contributed by atoms with E-state index >= 15 is 0 Å². The summed E-state index contributed by atoms with van der Waals surface area (Å²) >= 11 is 1.72. The molecule has 20 heavy (non-hydrogen) atoms. The zero-order valence-corrected chi connectivity index (χ0v) is 12.2. The third-order valence-corrected chi connectivity index (χ3v) is 5.00. The summed E-state index contributed by atoms with van der Waals surface area (Å²) in [4.78, 5) is 25.8. The average Bonchev–Trinajstić information content (AvgIpc) is 2.97. The van der Waals surface area contributed by atoms with Crippen LogP contribution in [0.2, 0.25) is 0 Å². The predicted octanol–water partition coefficient (Wildman–Crippen LogP) is 2.31. The minimum absolute atomic E-state index is 0.0562. The standard InChI is InChI=1S/C15H16N2O2S/c1-9(16-11-8-14(18)17(2)15(11)19)13-7-10-5-3-4-6-12(10)20-13/h3-7,9,11,16H,8H2,1-2H3. The molecule has 0 saturated carbocycles. The number of imide groups is 1. The van der Waals surface area contributed by atoms with Gasteiger partial charge in [0.2, 0.25) is 11.8 Å². The van der Waals surface area contributed by atoms with Crippen LogP contribution in [0.25, 0.3) is 10.1 Å². The molecule has 2 heterocycles. The van der Waals surface area contributed by atoms with Crippen LogP contribution in [-0.2, 0) is 9.59 Å². The number of benzene rings is 1. The van der Waals surface area contributed by atoms with Gasteiger partial charge in [0.15, 0.2) is 0 Å². The maximum Gasteiger partial charge on any atom is 0.246 e. The fourth-order valence-corrected chi connectivity index (χ4v) is 3.56. The summed E-state index contributed by atoms with van der Waals surface area (Å²) in [5.41, 5.74) is 0. The largest absolute Gasteiger partial charge is 0.298 e. The van der Waals surface area contributed by atoms with Crippen molar-refractivity contribution in [1.29, 1.82) is 0 Å². The molecule has 1 aromatic carbocycles. The number of carbonyl (C=O) groups excluding carboxylic acids is 2. The van der Waals surface area contributed by atoms with Gasteiger partial charge in [0.05, 0.1) is 12.5 Å². The van der Waals surface area contributed by atoms with Crippen LogP contribution in [0.3, 0.4) is 0 Å². The molecule has 2 amide bonds. The average molecular weight is 288 g/mol. The zero-order valence-electron chi connectivity index (χ0n) is 11.4. The fraction of sp³-hybridized carbons (Fsp3) is 0.333. The molecule has 1 fully saturated rings. The molecule has 3 rings (SSSR count). The van der Waals surface area contributed by atoms with Crippen molar-refractivity contribution in [3.05, 3.63) is 35.2 Å². The lowest BCUT2D eigenvalue weighted by molar-refractivity contribution is -0.137. The van der Waals surface area contributed by atoms with Crippen molar-refractivity contribution in [3.8, 4) is 0 Å². The number of hydrogen-bond donors (Lipinski definition) is 1. The lowest BCUT2D eigenvalue weighted by atomic mass is 10.1. The van der Waals surface area contributed by atoms with Crippen molar-refractivity contribution in [2.45, 2.75) is 25.4 Å². The molecule has 0 radical (unpaired) electrons. The summed E-state index contributed by atoms with van der Waals surface area (Å²) in [7, 11) is 1.54. The topological polar surface area (TPSA) is 49.4 Å². The van der Waals surface area contributed by atoms with Gasteiger partial charge in [-0.15, -0.1) is 11.3 Å². The molecule has 1 N–H and O–H groups in total. The Morgan fingerprint density at radius 1 is 1.35 bits per heavy atom. The van der Waals surface area contributed by atoms with Crippen LogP contribution in [0.5, 0.6) is 0 Å². The molecule has 4 nitrogen and oxygen atoms in total. The molecule has 2 unspecified atom stereocenters. The molecule has 0 spiro atoms. The second-order valence-electron chi connectivity index (χ2n) is 5.12. The van der Waals surface area contributed by atoms with E-state index in [0.717, 1.165) is 0 Å². The Morgan fingerprint density at radius 3 is 2.75 bits per heavy atom. The lowest BCUT2D eigenvalue weighted by Gasteiger charge is -2.16. The van der Waals surface area contributed by atoms with Gasteiger partial charge in [-0.2, -0.15) is 0 Å². The first-order chi connectivity index (χ1) is 9.56. The van der Waals surface area contributed by atoms with E-state index in [1.807, 2.05) is 19.1 Å². The van der Waals surface area contributed by atoms with Gasteiger partial charge in [-0.05, 0) is 24.4 Å². The van der Waals surface area contributed by atoms with Gasteiger partial charge in [-0.1, -0.05) is 18.2 Å². The molecule has 2 atom stereocenters. The molecule has 104 valence electrons. The number of likely N-dealkylation sites (tertiary alicyclic amines) is 1. The SMILES string of the molecule is CC(NC1CC(=O)N(C)C1=O)c1cc2ccccc2s1. The van der Waals surface area contributed by atoms with E-state index in [9.17, 15) is 9.59 Å². The van der Waals surface area contributed by atoms with Crippen LogP contribution >= 0.6 is 11.3 Å². The molecule has 0 aliphatic carbocycles. The quantitative estimate of drug-likeness (QED) is 0.882. The van der Waals surface area contributed by atoms with Crippen LogP contribution in [0.4, 0.5) is 0 Å². The van der Waals surface area contributed by atoms with E-state index < -0.39 is 6.04 Å². The van der Waals surface area contributed by atoms with E-state index in [2.05, 4.69) is 23.5 Å². The minimum Gasteiger partial charge on any atom is -0.298 e. The van der Waals surface area contributed by atoms with E-state index in [0.29, 0.717) is 0 Å². The van der Waals surface area contributed by atoms with Crippen LogP contribution in [0.15, 0.2) is 30.3 Å². The number of rotatable bonds is 3. The van der Waals surface area contributed by atoms with Gasteiger partial charge in [-0.3, -0.25) is 19.8 Å². The number of hydrogen-bond acceptors (Lipinski definition) is 4. The van der Waals surface area contributed by atoms with Crippen molar-refractivity contribution in [2.75, 3.05) is 7.05 Å². The highest BCUT2D eigenvalue weighted by atomic mass is 32.1. The maximum absolute atomic E-state index is 11.9. The lowest BCUT2D eigenvalue weighted by Crippen LogP contribution is -2.38. The zero-order chi connectivity index (χ0) is 14.3. The van der Waals surface area contributed by atoms with Crippen molar-refractivity contribution in [1.82, 2.24) is 10.2 Å². The number of amides is 2. The summed E-state index contributed by atoms with van der Waals surface area (Å²) in [5, 5.41) is 4.48. The van der Waals surface area contributed by atoms with Gasteiger partial charge < -0.3 is 0 Å². The van der Waals surface area contributed by atoms with Crippen LogP contribution in [0, 0.1) is 0 Å². The van der Waals surface area contributed by atoms with Crippen molar-refractivity contribution in [2.24, 2.45) is 0 Å². The molecule has 1 saturated heterocycles. The summed E-state index contributed by atoms with van der Waals surface area (Å²) in [6, 6.07) is 10.0. The van der Waals surface area contributed by atoms with Crippen LogP contribution < -0.4 is 5.32 Å². The second-order valence-corrected chi connectivity index (χ2v) is 6.24.